The van der Waals surface area contributed by atoms with Crippen molar-refractivity contribution < 1.29 is 0 Å². The Morgan fingerprint density at radius 1 is 1.62 bits per heavy atom. The molecule has 1 aromatic rings. The number of nitrogens with one attached hydrogen (secondary N) is 1. The van der Waals surface area contributed by atoms with Crippen molar-refractivity contribution in [3.8, 4) is 12.3 Å². The second kappa shape index (κ2) is 4.74. The van der Waals surface area contributed by atoms with E-state index >= 15 is 0 Å². The molecule has 0 spiro atoms. The Labute approximate surface area is 83.3 Å². The van der Waals surface area contributed by atoms with Gasteiger partial charge in [0.15, 0.2) is 0 Å². The average molecular weight is 195 g/mol. The molecule has 68 valence electrons. The van der Waals surface area contributed by atoms with E-state index in [1.165, 1.54) is 0 Å². The fourth-order valence-corrected chi connectivity index (χ4v) is 1.09. The molecule has 13 heavy (non-hydrogen) atoms. The van der Waals surface area contributed by atoms with Crippen LogP contribution in [-0.2, 0) is 0 Å². The van der Waals surface area contributed by atoms with Crippen molar-refractivity contribution in [1.29, 1.82) is 0 Å². The minimum Gasteiger partial charge on any atom is -0.368 e. The van der Waals surface area contributed by atoms with E-state index in [1.54, 1.807) is 0 Å². The number of aryl methyl sites for hydroxylation is 1. The molecule has 3 heteroatoms. The number of hydrogen-bond donors (Lipinski definition) is 1. The fraction of sp³-hybridized carbons (Fsp3) is 0.300. The highest BCUT2D eigenvalue weighted by molar-refractivity contribution is 6.32. The summed E-state index contributed by atoms with van der Waals surface area (Å²) in [4.78, 5) is 4.23. The fourth-order valence-electron chi connectivity index (χ4n) is 0.917. The monoisotopic (exact) mass is 194 g/mol. The van der Waals surface area contributed by atoms with Crippen molar-refractivity contribution in [3.63, 3.8) is 0 Å². The van der Waals surface area contributed by atoms with Gasteiger partial charge in [-0.2, -0.15) is 0 Å². The first kappa shape index (κ1) is 9.88. The van der Waals surface area contributed by atoms with Crippen LogP contribution >= 0.6 is 11.6 Å². The molecule has 0 radical (unpaired) electrons. The molecule has 0 atom stereocenters. The molecular weight excluding hydrogens is 184 g/mol. The lowest BCUT2D eigenvalue weighted by Gasteiger charge is -2.05. The lowest BCUT2D eigenvalue weighted by molar-refractivity contribution is 1.06. The largest absolute Gasteiger partial charge is 0.368 e. The SMILES string of the molecule is C#CCCNc1nc(C)ccc1Cl. The van der Waals surface area contributed by atoms with Crippen molar-refractivity contribution in [3.05, 3.63) is 22.8 Å². The van der Waals surface area contributed by atoms with Crippen LogP contribution in [0.4, 0.5) is 5.82 Å². The van der Waals surface area contributed by atoms with Gasteiger partial charge in [-0.25, -0.2) is 4.98 Å². The van der Waals surface area contributed by atoms with E-state index in [2.05, 4.69) is 16.2 Å². The van der Waals surface area contributed by atoms with Crippen molar-refractivity contribution in [1.82, 2.24) is 4.98 Å². The van der Waals surface area contributed by atoms with Gasteiger partial charge in [-0.15, -0.1) is 12.3 Å². The van der Waals surface area contributed by atoms with E-state index in [9.17, 15) is 0 Å². The first-order valence-electron chi connectivity index (χ1n) is 4.04. The lowest BCUT2D eigenvalue weighted by atomic mass is 10.3. The topological polar surface area (TPSA) is 24.9 Å². The van der Waals surface area contributed by atoms with Gasteiger partial charge in [-0.05, 0) is 19.1 Å². The van der Waals surface area contributed by atoms with Gasteiger partial charge in [0.05, 0.1) is 5.02 Å². The third kappa shape index (κ3) is 2.96. The Balaban J connectivity index is 2.65. The van der Waals surface area contributed by atoms with Crippen molar-refractivity contribution in [2.45, 2.75) is 13.3 Å². The molecule has 1 rings (SSSR count). The molecule has 0 aliphatic heterocycles. The average Bonchev–Trinajstić information content (AvgIpc) is 2.11. The Morgan fingerprint density at radius 3 is 3.08 bits per heavy atom. The highest BCUT2D eigenvalue weighted by Crippen LogP contribution is 2.18. The minimum atomic E-state index is 0.627. The summed E-state index contributed by atoms with van der Waals surface area (Å²) in [6, 6.07) is 3.69. The van der Waals surface area contributed by atoms with Crippen LogP contribution in [-0.4, -0.2) is 11.5 Å². The molecular formula is C10H11ClN2. The maximum atomic E-state index is 5.90. The zero-order chi connectivity index (χ0) is 9.68. The zero-order valence-corrected chi connectivity index (χ0v) is 8.23. The van der Waals surface area contributed by atoms with Gasteiger partial charge in [0.2, 0.25) is 0 Å². The summed E-state index contributed by atoms with van der Waals surface area (Å²) in [5.41, 5.74) is 0.938. The number of nitrogens with zero attached hydrogens (tertiary/aromatic N) is 1. The second-order valence-corrected chi connectivity index (χ2v) is 3.07. The van der Waals surface area contributed by atoms with Gasteiger partial charge >= 0.3 is 0 Å². The molecule has 0 saturated heterocycles. The van der Waals surface area contributed by atoms with E-state index < -0.39 is 0 Å². The first-order valence-corrected chi connectivity index (χ1v) is 4.42. The number of anilines is 1. The van der Waals surface area contributed by atoms with E-state index in [4.69, 9.17) is 18.0 Å². The molecule has 1 N–H and O–H groups in total. The summed E-state index contributed by atoms with van der Waals surface area (Å²) < 4.78 is 0. The Bertz CT molecular complexity index is 328. The molecule has 0 aliphatic rings. The number of pyridine rings is 1. The smallest absolute Gasteiger partial charge is 0.145 e. The molecule has 0 fully saturated rings. The third-order valence-corrected chi connectivity index (χ3v) is 1.85. The number of hydrogen-bond acceptors (Lipinski definition) is 2. The standard InChI is InChI=1S/C10H11ClN2/c1-3-4-7-12-10-9(11)6-5-8(2)13-10/h1,5-6H,4,7H2,2H3,(H,12,13). The van der Waals surface area contributed by atoms with Crippen molar-refractivity contribution in [2.75, 3.05) is 11.9 Å². The molecule has 1 heterocycles. The molecule has 0 aliphatic carbocycles. The predicted molar refractivity (Wildman–Crippen MR) is 55.9 cm³/mol. The van der Waals surface area contributed by atoms with Crippen LogP contribution in [0, 0.1) is 19.3 Å². The highest BCUT2D eigenvalue weighted by atomic mass is 35.5. The second-order valence-electron chi connectivity index (χ2n) is 2.66. The molecule has 0 aromatic carbocycles. The van der Waals surface area contributed by atoms with Gasteiger partial charge in [-0.3, -0.25) is 0 Å². The molecule has 2 nitrogen and oxygen atoms in total. The third-order valence-electron chi connectivity index (χ3n) is 1.55. The highest BCUT2D eigenvalue weighted by Gasteiger charge is 1.99. The number of rotatable bonds is 3. The van der Waals surface area contributed by atoms with Crippen LogP contribution in [0.2, 0.25) is 5.02 Å². The Morgan fingerprint density at radius 2 is 2.38 bits per heavy atom. The van der Waals surface area contributed by atoms with E-state index in [1.807, 2.05) is 19.1 Å². The van der Waals surface area contributed by atoms with Gasteiger partial charge in [0, 0.05) is 18.7 Å². The molecule has 0 saturated carbocycles. The maximum absolute atomic E-state index is 5.90. The lowest BCUT2D eigenvalue weighted by Crippen LogP contribution is -2.03. The molecule has 0 bridgehead atoms. The van der Waals surface area contributed by atoms with E-state index in [-0.39, 0.29) is 0 Å². The van der Waals surface area contributed by atoms with Gasteiger partial charge in [0.1, 0.15) is 5.82 Å². The number of terminal acetylenes is 1. The number of halogens is 1. The van der Waals surface area contributed by atoms with Gasteiger partial charge in [-0.1, -0.05) is 11.6 Å². The molecule has 1 aromatic heterocycles. The summed E-state index contributed by atoms with van der Waals surface area (Å²) in [6.07, 6.45) is 5.79. The molecule has 0 unspecified atom stereocenters. The van der Waals surface area contributed by atoms with E-state index in [0.717, 1.165) is 5.69 Å². The molecule has 0 amide bonds. The Kier molecular flexibility index (Phi) is 3.60. The van der Waals surface area contributed by atoms with Crippen molar-refractivity contribution in [2.24, 2.45) is 0 Å². The summed E-state index contributed by atoms with van der Waals surface area (Å²) in [7, 11) is 0. The summed E-state index contributed by atoms with van der Waals surface area (Å²) in [6.45, 7) is 2.62. The summed E-state index contributed by atoms with van der Waals surface area (Å²) >= 11 is 5.90. The number of aromatic nitrogens is 1. The van der Waals surface area contributed by atoms with Crippen LogP contribution in [0.3, 0.4) is 0 Å². The van der Waals surface area contributed by atoms with Crippen molar-refractivity contribution >= 4 is 17.4 Å². The maximum Gasteiger partial charge on any atom is 0.145 e. The van der Waals surface area contributed by atoms with Crippen LogP contribution in [0.1, 0.15) is 12.1 Å². The zero-order valence-electron chi connectivity index (χ0n) is 7.47. The van der Waals surface area contributed by atoms with Crippen LogP contribution in [0.25, 0.3) is 0 Å². The Hall–Kier alpha value is -1.20. The van der Waals surface area contributed by atoms with Gasteiger partial charge in [0.25, 0.3) is 0 Å². The van der Waals surface area contributed by atoms with Gasteiger partial charge < -0.3 is 5.32 Å². The predicted octanol–water partition coefficient (Wildman–Crippen LogP) is 2.48. The van der Waals surface area contributed by atoms with Crippen LogP contribution in [0.5, 0.6) is 0 Å². The summed E-state index contributed by atoms with van der Waals surface area (Å²) in [5, 5.41) is 3.70. The minimum absolute atomic E-state index is 0.627. The van der Waals surface area contributed by atoms with E-state index in [0.29, 0.717) is 23.8 Å². The normalized spacial score (nSPS) is 9.31. The summed E-state index contributed by atoms with van der Waals surface area (Å²) in [5.74, 6) is 3.24. The van der Waals surface area contributed by atoms with Crippen LogP contribution < -0.4 is 5.32 Å². The van der Waals surface area contributed by atoms with Crippen LogP contribution in [0.15, 0.2) is 12.1 Å². The first-order chi connectivity index (χ1) is 6.24. The quantitative estimate of drug-likeness (QED) is 0.591.